The number of aromatic nitrogens is 3. The molecule has 212 valence electrons. The van der Waals surface area contributed by atoms with Gasteiger partial charge in [0.25, 0.3) is 0 Å². The molecule has 3 heterocycles. The first-order chi connectivity index (χ1) is 20.4. The number of hydrogen-bond donors (Lipinski definition) is 1. The number of ether oxygens (including phenoxy) is 2. The molecule has 2 aromatic heterocycles. The highest BCUT2D eigenvalue weighted by Crippen LogP contribution is 2.45. The number of phenolic OH excluding ortho intramolecular Hbond substituents is 1. The molecular weight excluding hydrogens is 552 g/mol. The minimum absolute atomic E-state index is 0.00305. The van der Waals surface area contributed by atoms with Crippen LogP contribution in [0.2, 0.25) is 5.02 Å². The molecule has 1 N–H and O–H groups in total. The third-order valence-corrected chi connectivity index (χ3v) is 7.80. The van der Waals surface area contributed by atoms with E-state index in [0.29, 0.717) is 64.3 Å². The lowest BCUT2D eigenvalue weighted by Gasteiger charge is -2.32. The number of fused-ring (bicyclic) bond motifs is 2. The standard InChI is InChI=1S/C33H29ClN4O4/c1-4-13-37-14-15-42-28-12-11-25(31(34)33(28)37)32-26(18-30(40)41-3)20(2)35-29-19-27(36-38(29)32)23-9-5-7-21(16-23)22-8-6-10-24(39)17-22/h4-12,16-17,19,39H,1,13-15,18H2,2-3H3. The molecule has 0 spiro atoms. The van der Waals surface area contributed by atoms with Crippen LogP contribution in [0.25, 0.3) is 39.3 Å². The summed E-state index contributed by atoms with van der Waals surface area (Å²) in [6.07, 6.45) is 1.84. The van der Waals surface area contributed by atoms with Crippen molar-refractivity contribution < 1.29 is 19.4 Å². The summed E-state index contributed by atoms with van der Waals surface area (Å²) in [7, 11) is 1.37. The van der Waals surface area contributed by atoms with Crippen LogP contribution in [0, 0.1) is 6.92 Å². The molecule has 0 atom stereocenters. The van der Waals surface area contributed by atoms with Gasteiger partial charge in [-0.2, -0.15) is 5.10 Å². The smallest absolute Gasteiger partial charge is 0.310 e. The fraction of sp³-hybridized carbons (Fsp3) is 0.182. The maximum Gasteiger partial charge on any atom is 0.310 e. The Bertz CT molecular complexity index is 1850. The molecule has 0 amide bonds. The summed E-state index contributed by atoms with van der Waals surface area (Å²) in [5, 5.41) is 15.5. The fourth-order valence-electron chi connectivity index (χ4n) is 5.40. The number of esters is 1. The highest BCUT2D eigenvalue weighted by Gasteiger charge is 2.27. The first-order valence-corrected chi connectivity index (χ1v) is 13.9. The molecule has 0 radical (unpaired) electrons. The molecule has 5 aromatic rings. The van der Waals surface area contributed by atoms with E-state index < -0.39 is 5.97 Å². The third kappa shape index (κ3) is 4.94. The summed E-state index contributed by atoms with van der Waals surface area (Å²) in [4.78, 5) is 19.5. The van der Waals surface area contributed by atoms with E-state index in [0.717, 1.165) is 22.4 Å². The molecule has 1 aliphatic rings. The highest BCUT2D eigenvalue weighted by molar-refractivity contribution is 6.36. The lowest BCUT2D eigenvalue weighted by atomic mass is 10.00. The van der Waals surface area contributed by atoms with E-state index in [-0.39, 0.29) is 12.2 Å². The van der Waals surface area contributed by atoms with Gasteiger partial charge in [0.15, 0.2) is 5.65 Å². The number of aromatic hydroxyl groups is 1. The Morgan fingerprint density at radius 2 is 1.88 bits per heavy atom. The van der Waals surface area contributed by atoms with Crippen molar-refractivity contribution in [3.8, 4) is 45.1 Å². The van der Waals surface area contributed by atoms with Crippen molar-refractivity contribution in [1.82, 2.24) is 14.6 Å². The summed E-state index contributed by atoms with van der Waals surface area (Å²) in [5.74, 6) is 0.503. The van der Waals surface area contributed by atoms with E-state index in [1.54, 1.807) is 16.6 Å². The summed E-state index contributed by atoms with van der Waals surface area (Å²) in [6, 6.07) is 20.8. The molecule has 42 heavy (non-hydrogen) atoms. The molecule has 0 aliphatic carbocycles. The van der Waals surface area contributed by atoms with Crippen LogP contribution in [-0.4, -0.2) is 52.5 Å². The number of nitrogens with zero attached hydrogens (tertiary/aromatic N) is 4. The molecule has 0 bridgehead atoms. The van der Waals surface area contributed by atoms with Gasteiger partial charge in [-0.3, -0.25) is 4.79 Å². The molecule has 8 nitrogen and oxygen atoms in total. The van der Waals surface area contributed by atoms with Crippen LogP contribution in [0.4, 0.5) is 5.69 Å². The van der Waals surface area contributed by atoms with E-state index in [4.69, 9.17) is 31.2 Å². The van der Waals surface area contributed by atoms with Gasteiger partial charge in [-0.1, -0.05) is 48.0 Å². The minimum atomic E-state index is -0.391. The number of phenols is 1. The second-order valence-corrected chi connectivity index (χ2v) is 10.4. The first-order valence-electron chi connectivity index (χ1n) is 13.6. The first kappa shape index (κ1) is 27.4. The summed E-state index contributed by atoms with van der Waals surface area (Å²) >= 11 is 7.16. The Morgan fingerprint density at radius 1 is 1.12 bits per heavy atom. The Balaban J connectivity index is 1.56. The predicted molar refractivity (Wildman–Crippen MR) is 164 cm³/mol. The number of benzene rings is 3. The maximum atomic E-state index is 12.6. The summed E-state index contributed by atoms with van der Waals surface area (Å²) < 4.78 is 12.7. The number of aryl methyl sites for hydroxylation is 1. The van der Waals surface area contributed by atoms with Gasteiger partial charge in [-0.25, -0.2) is 9.50 Å². The van der Waals surface area contributed by atoms with Crippen LogP contribution >= 0.6 is 11.6 Å². The van der Waals surface area contributed by atoms with Crippen LogP contribution in [0.1, 0.15) is 11.3 Å². The zero-order valence-electron chi connectivity index (χ0n) is 23.3. The summed E-state index contributed by atoms with van der Waals surface area (Å²) in [5.41, 5.74) is 7.51. The van der Waals surface area contributed by atoms with E-state index in [1.807, 2.05) is 67.6 Å². The van der Waals surface area contributed by atoms with Crippen LogP contribution in [0.3, 0.4) is 0 Å². The molecule has 0 fully saturated rings. The quantitative estimate of drug-likeness (QED) is 0.174. The van der Waals surface area contributed by atoms with E-state index >= 15 is 0 Å². The SMILES string of the molecule is C=CCN1CCOc2ccc(-c3c(CC(=O)OC)c(C)nc4cc(-c5cccc(-c6cccc(O)c6)c5)nn34)c(Cl)c21. The van der Waals surface area contributed by atoms with Gasteiger partial charge in [-0.15, -0.1) is 6.58 Å². The van der Waals surface area contributed by atoms with Crippen molar-refractivity contribution in [2.24, 2.45) is 0 Å². The summed E-state index contributed by atoms with van der Waals surface area (Å²) in [6.45, 7) is 7.60. The van der Waals surface area contributed by atoms with Gasteiger partial charge in [0.2, 0.25) is 0 Å². The van der Waals surface area contributed by atoms with Crippen molar-refractivity contribution in [3.05, 3.63) is 95.7 Å². The maximum absolute atomic E-state index is 12.6. The number of rotatable bonds is 7. The number of halogens is 1. The molecule has 0 saturated carbocycles. The second-order valence-electron chi connectivity index (χ2n) is 10.1. The van der Waals surface area contributed by atoms with Gasteiger partial charge in [0.05, 0.1) is 42.2 Å². The second kappa shape index (κ2) is 11.2. The number of anilines is 1. The van der Waals surface area contributed by atoms with Gasteiger partial charge >= 0.3 is 5.97 Å². The Kier molecular flexibility index (Phi) is 7.31. The van der Waals surface area contributed by atoms with Gasteiger partial charge in [-0.05, 0) is 48.4 Å². The monoisotopic (exact) mass is 580 g/mol. The predicted octanol–water partition coefficient (Wildman–Crippen LogP) is 6.50. The van der Waals surface area contributed by atoms with Crippen LogP contribution in [0.15, 0.2) is 79.4 Å². The topological polar surface area (TPSA) is 89.2 Å². The van der Waals surface area contributed by atoms with Crippen molar-refractivity contribution >= 4 is 28.9 Å². The van der Waals surface area contributed by atoms with E-state index in [9.17, 15) is 9.90 Å². The lowest BCUT2D eigenvalue weighted by Crippen LogP contribution is -2.33. The number of methoxy groups -OCH3 is 1. The average Bonchev–Trinajstić information content (AvgIpc) is 3.42. The zero-order valence-corrected chi connectivity index (χ0v) is 24.1. The third-order valence-electron chi connectivity index (χ3n) is 7.41. The lowest BCUT2D eigenvalue weighted by molar-refractivity contribution is -0.139. The zero-order chi connectivity index (χ0) is 29.4. The van der Waals surface area contributed by atoms with Crippen LogP contribution in [0.5, 0.6) is 11.5 Å². The number of carbonyl (C=O) groups is 1. The number of hydrogen-bond acceptors (Lipinski definition) is 7. The van der Waals surface area contributed by atoms with Crippen molar-refractivity contribution in [2.75, 3.05) is 31.7 Å². The van der Waals surface area contributed by atoms with E-state index in [1.165, 1.54) is 7.11 Å². The van der Waals surface area contributed by atoms with Gasteiger partial charge < -0.3 is 19.5 Å². The fourth-order valence-corrected chi connectivity index (χ4v) is 5.77. The van der Waals surface area contributed by atoms with Gasteiger partial charge in [0.1, 0.15) is 18.1 Å². The van der Waals surface area contributed by atoms with Crippen LogP contribution in [-0.2, 0) is 16.0 Å². The molecule has 3 aromatic carbocycles. The molecule has 0 saturated heterocycles. The average molecular weight is 581 g/mol. The normalized spacial score (nSPS) is 12.6. The van der Waals surface area contributed by atoms with Crippen molar-refractivity contribution in [1.29, 1.82) is 0 Å². The Labute approximate surface area is 248 Å². The van der Waals surface area contributed by atoms with Crippen molar-refractivity contribution in [3.63, 3.8) is 0 Å². The van der Waals surface area contributed by atoms with Gasteiger partial charge in [0, 0.05) is 35.0 Å². The highest BCUT2D eigenvalue weighted by atomic mass is 35.5. The van der Waals surface area contributed by atoms with E-state index in [2.05, 4.69) is 11.5 Å². The van der Waals surface area contributed by atoms with Crippen molar-refractivity contribution in [2.45, 2.75) is 13.3 Å². The minimum Gasteiger partial charge on any atom is -0.508 e. The Morgan fingerprint density at radius 3 is 2.64 bits per heavy atom. The molecular formula is C33H29ClN4O4. The Hall–Kier alpha value is -4.82. The molecule has 9 heteroatoms. The van der Waals surface area contributed by atoms with Crippen LogP contribution < -0.4 is 9.64 Å². The molecule has 1 aliphatic heterocycles. The number of carbonyl (C=O) groups excluding carboxylic acids is 1. The molecule has 0 unspecified atom stereocenters. The molecule has 6 rings (SSSR count). The largest absolute Gasteiger partial charge is 0.508 e.